The molecule has 0 radical (unpaired) electrons. The number of benzene rings is 4. The fraction of sp³-hybridized carbons (Fsp3) is 0.0500. The molecule has 0 unspecified atom stereocenters. The molecule has 0 N–H and O–H groups in total. The summed E-state index contributed by atoms with van der Waals surface area (Å²) in [4.78, 5) is 27.7. The number of carbonyl (C=O) groups excluding carboxylic acids is 2. The number of rotatable bonds is 11. The summed E-state index contributed by atoms with van der Waals surface area (Å²) in [5.41, 5.74) is 1.58. The van der Waals surface area contributed by atoms with E-state index in [0.29, 0.717) is 11.1 Å². The van der Waals surface area contributed by atoms with Gasteiger partial charge >= 0.3 is 28.8 Å². The predicted octanol–water partition coefficient (Wildman–Crippen LogP) is 9.84. The van der Waals surface area contributed by atoms with Crippen molar-refractivity contribution >= 4 is 50.4 Å². The zero-order valence-corrected chi connectivity index (χ0v) is 29.9. The SMILES string of the molecule is COC(=O)c1cc2ccccc2c(-c2c(OP(n3cccc3)n3cccc3)c(C(=O)OC)cc3ccccc23)c1OP(n1cccc1)n1cccc1. The van der Waals surface area contributed by atoms with Crippen LogP contribution in [0.15, 0.2) is 159 Å². The lowest BCUT2D eigenvalue weighted by atomic mass is 9.89. The summed E-state index contributed by atoms with van der Waals surface area (Å²) >= 11 is 0. The Morgan fingerprint density at radius 1 is 0.462 bits per heavy atom. The van der Waals surface area contributed by atoms with E-state index in [1.54, 1.807) is 12.1 Å². The van der Waals surface area contributed by atoms with Gasteiger partial charge in [-0.25, -0.2) is 9.59 Å². The van der Waals surface area contributed by atoms with Crippen LogP contribution in [0.2, 0.25) is 0 Å². The van der Waals surface area contributed by atoms with Crippen molar-refractivity contribution in [3.8, 4) is 22.6 Å². The maximum atomic E-state index is 13.9. The average Bonchev–Trinajstić information content (AvgIpc) is 4.03. The number of carbonyl (C=O) groups is 2. The van der Waals surface area contributed by atoms with Gasteiger partial charge in [0.25, 0.3) is 0 Å². The van der Waals surface area contributed by atoms with Crippen LogP contribution in [0.3, 0.4) is 0 Å². The van der Waals surface area contributed by atoms with E-state index in [9.17, 15) is 9.59 Å². The second-order valence-corrected chi connectivity index (χ2v) is 14.8. The molecule has 8 rings (SSSR count). The number of methoxy groups -OCH3 is 2. The van der Waals surface area contributed by atoms with Crippen molar-refractivity contribution in [3.05, 3.63) is 170 Å². The Morgan fingerprint density at radius 3 is 1.08 bits per heavy atom. The number of hydrogen-bond donors (Lipinski definition) is 0. The van der Waals surface area contributed by atoms with E-state index in [1.807, 2.05) is 164 Å². The second kappa shape index (κ2) is 14.3. The summed E-state index contributed by atoms with van der Waals surface area (Å²) in [6.07, 6.45) is 15.4. The summed E-state index contributed by atoms with van der Waals surface area (Å²) in [5.74, 6) is -0.589. The van der Waals surface area contributed by atoms with Gasteiger partial charge in [0.15, 0.2) is 11.5 Å². The molecular formula is C40H32N4O6P2. The summed E-state index contributed by atoms with van der Waals surface area (Å²) in [6.45, 7) is 0. The van der Waals surface area contributed by atoms with Crippen molar-refractivity contribution in [2.75, 3.05) is 14.2 Å². The first-order chi connectivity index (χ1) is 25.6. The smallest absolute Gasteiger partial charge is 0.341 e. The molecule has 0 aliphatic heterocycles. The van der Waals surface area contributed by atoms with Crippen molar-refractivity contribution < 1.29 is 28.1 Å². The highest BCUT2D eigenvalue weighted by molar-refractivity contribution is 7.50. The van der Waals surface area contributed by atoms with E-state index in [-0.39, 0.29) is 22.6 Å². The van der Waals surface area contributed by atoms with E-state index in [0.717, 1.165) is 21.5 Å². The van der Waals surface area contributed by atoms with E-state index in [2.05, 4.69) is 0 Å². The van der Waals surface area contributed by atoms with Crippen molar-refractivity contribution in [3.63, 3.8) is 0 Å². The van der Waals surface area contributed by atoms with Crippen molar-refractivity contribution in [1.82, 2.24) is 17.4 Å². The minimum Gasteiger partial charge on any atom is -0.465 e. The molecule has 0 fully saturated rings. The van der Waals surface area contributed by atoms with Crippen LogP contribution in [-0.4, -0.2) is 43.5 Å². The molecule has 0 amide bonds. The molecule has 0 saturated carbocycles. The van der Waals surface area contributed by atoms with Gasteiger partial charge in [-0.3, -0.25) is 17.4 Å². The third-order valence-electron chi connectivity index (χ3n) is 8.55. The van der Waals surface area contributed by atoms with Gasteiger partial charge in [-0.05, 0) is 82.2 Å². The summed E-state index contributed by atoms with van der Waals surface area (Å²) in [5, 5.41) is 3.10. The number of fused-ring (bicyclic) bond motifs is 2. The molecule has 0 atom stereocenters. The number of hydrogen-bond acceptors (Lipinski definition) is 6. The molecule has 10 nitrogen and oxygen atoms in total. The maximum Gasteiger partial charge on any atom is 0.341 e. The molecule has 0 aliphatic carbocycles. The fourth-order valence-corrected chi connectivity index (χ4v) is 9.30. The van der Waals surface area contributed by atoms with Crippen LogP contribution < -0.4 is 9.05 Å². The van der Waals surface area contributed by atoms with Crippen LogP contribution in [0.4, 0.5) is 0 Å². The average molecular weight is 727 g/mol. The zero-order chi connectivity index (χ0) is 35.6. The first-order valence-corrected chi connectivity index (χ1v) is 18.7. The van der Waals surface area contributed by atoms with Gasteiger partial charge in [-0.1, -0.05) is 48.5 Å². The van der Waals surface area contributed by atoms with Crippen LogP contribution in [0.1, 0.15) is 20.7 Å². The highest BCUT2D eigenvalue weighted by atomic mass is 31.2. The Hall–Kier alpha value is -6.08. The van der Waals surface area contributed by atoms with Gasteiger partial charge in [-0.2, -0.15) is 0 Å². The summed E-state index contributed by atoms with van der Waals surface area (Å²) < 4.78 is 33.0. The maximum absolute atomic E-state index is 13.9. The standard InChI is InChI=1S/C40H32N4O6P2/c1-47-39(45)33-27-29-15-3-5-17-31(29)35(37(33)49-51(41-19-7-8-20-41)42-21-9-10-22-42)36-32-18-6-4-16-30(32)28-34(40(46)48-2)38(36)50-52(43-23-11-12-24-43)44-25-13-14-26-44/h3-28H,1-2H3. The van der Waals surface area contributed by atoms with Crippen LogP contribution >= 0.6 is 16.9 Å². The Balaban J connectivity index is 1.51. The number of ether oxygens (including phenoxy) is 2. The molecule has 8 aromatic rings. The van der Waals surface area contributed by atoms with Crippen molar-refractivity contribution in [2.45, 2.75) is 0 Å². The second-order valence-electron chi connectivity index (χ2n) is 11.6. The predicted molar refractivity (Wildman–Crippen MR) is 204 cm³/mol. The number of esters is 2. The first-order valence-electron chi connectivity index (χ1n) is 16.3. The molecule has 4 heterocycles. The first kappa shape index (κ1) is 33.1. The molecule has 0 saturated heterocycles. The van der Waals surface area contributed by atoms with E-state index >= 15 is 0 Å². The molecular weight excluding hydrogens is 694 g/mol. The Morgan fingerprint density at radius 2 is 0.769 bits per heavy atom. The van der Waals surface area contributed by atoms with E-state index in [1.165, 1.54) is 14.2 Å². The van der Waals surface area contributed by atoms with Crippen LogP contribution in [0.5, 0.6) is 11.5 Å². The Bertz CT molecular complexity index is 2250. The van der Waals surface area contributed by atoms with Gasteiger partial charge in [0.2, 0.25) is 0 Å². The van der Waals surface area contributed by atoms with Gasteiger partial charge in [0.05, 0.1) is 14.2 Å². The number of nitrogens with zero attached hydrogens (tertiary/aromatic N) is 4. The Kier molecular flexibility index (Phi) is 9.08. The largest absolute Gasteiger partial charge is 0.465 e. The third-order valence-corrected chi connectivity index (χ3v) is 11.9. The van der Waals surface area contributed by atoms with Gasteiger partial charge in [-0.15, -0.1) is 0 Å². The van der Waals surface area contributed by atoms with Gasteiger partial charge in [0, 0.05) is 60.7 Å². The lowest BCUT2D eigenvalue weighted by Crippen LogP contribution is -2.12. The van der Waals surface area contributed by atoms with E-state index < -0.39 is 28.8 Å². The highest BCUT2D eigenvalue weighted by Crippen LogP contribution is 2.55. The molecule has 0 bridgehead atoms. The normalized spacial score (nSPS) is 11.4. The van der Waals surface area contributed by atoms with E-state index in [4.69, 9.17) is 18.5 Å². The van der Waals surface area contributed by atoms with Gasteiger partial charge < -0.3 is 18.5 Å². The summed E-state index contributed by atoms with van der Waals surface area (Å²) in [6, 6.07) is 34.5. The Labute approximate surface area is 301 Å². The molecule has 258 valence electrons. The molecule has 0 spiro atoms. The minimum absolute atomic E-state index is 0.222. The number of aromatic nitrogens is 4. The third kappa shape index (κ3) is 6.02. The zero-order valence-electron chi connectivity index (χ0n) is 28.1. The lowest BCUT2D eigenvalue weighted by Gasteiger charge is -2.27. The van der Waals surface area contributed by atoms with Crippen molar-refractivity contribution in [1.29, 1.82) is 0 Å². The molecule has 0 aliphatic rings. The molecule has 12 heteroatoms. The van der Waals surface area contributed by atoms with Crippen LogP contribution in [0, 0.1) is 0 Å². The molecule has 4 aromatic heterocycles. The van der Waals surface area contributed by atoms with Crippen LogP contribution in [-0.2, 0) is 9.47 Å². The fourth-order valence-electron chi connectivity index (χ4n) is 6.21. The topological polar surface area (TPSA) is 90.8 Å². The molecule has 4 aromatic carbocycles. The highest BCUT2D eigenvalue weighted by Gasteiger charge is 2.33. The van der Waals surface area contributed by atoms with Gasteiger partial charge in [0.1, 0.15) is 11.1 Å². The molecule has 52 heavy (non-hydrogen) atoms. The quantitative estimate of drug-likeness (QED) is 0.0974. The minimum atomic E-state index is -1.62. The monoisotopic (exact) mass is 726 g/mol. The van der Waals surface area contributed by atoms with Crippen molar-refractivity contribution in [2.24, 2.45) is 0 Å². The summed E-state index contributed by atoms with van der Waals surface area (Å²) in [7, 11) is -0.544. The van der Waals surface area contributed by atoms with Crippen LogP contribution in [0.25, 0.3) is 32.7 Å². The lowest BCUT2D eigenvalue weighted by molar-refractivity contribution is 0.0589.